The first-order valence-corrected chi connectivity index (χ1v) is 10.9. The largest absolute Gasteiger partial charge is 0.484 e. The minimum atomic E-state index is 0.0161. The van der Waals surface area contributed by atoms with E-state index in [2.05, 4.69) is 29.4 Å². The Balaban J connectivity index is 1.45. The molecule has 0 saturated heterocycles. The molecule has 152 valence electrons. The lowest BCUT2D eigenvalue weighted by Crippen LogP contribution is -2.44. The van der Waals surface area contributed by atoms with Crippen LogP contribution in [0.2, 0.25) is 0 Å². The fourth-order valence-corrected chi connectivity index (χ4v) is 4.11. The van der Waals surface area contributed by atoms with Crippen LogP contribution in [-0.2, 0) is 11.4 Å². The predicted molar refractivity (Wildman–Crippen MR) is 109 cm³/mol. The lowest BCUT2D eigenvalue weighted by molar-refractivity contribution is -0.120. The molecule has 7 heteroatoms. The molecule has 1 amide bonds. The number of aryl methyl sites for hydroxylation is 2. The maximum atomic E-state index is 12.3. The molecule has 1 aliphatic rings. The maximum absolute atomic E-state index is 12.3. The molecule has 0 aliphatic heterocycles. The fourth-order valence-electron chi connectivity index (χ4n) is 3.52. The van der Waals surface area contributed by atoms with Crippen LogP contribution in [0.5, 0.6) is 5.75 Å². The van der Waals surface area contributed by atoms with Gasteiger partial charge in [-0.2, -0.15) is 0 Å². The standard InChI is InChI=1S/C21H29N3O3S/c1-13-8-9-15(3)18(10-13)26-11-20-23-24-21(27-20)28-12-19(25)22-17-7-5-6-14(2)16(17)4/h8-10,14,16-17H,5-7,11-12H2,1-4H3,(H,22,25)/t14-,16+,17+/m0/s1. The van der Waals surface area contributed by atoms with Crippen LogP contribution in [0.25, 0.3) is 0 Å². The van der Waals surface area contributed by atoms with E-state index >= 15 is 0 Å². The zero-order chi connectivity index (χ0) is 20.1. The molecule has 0 bridgehead atoms. The van der Waals surface area contributed by atoms with Gasteiger partial charge in [-0.15, -0.1) is 10.2 Å². The van der Waals surface area contributed by atoms with E-state index in [4.69, 9.17) is 9.15 Å². The Kier molecular flexibility index (Phi) is 6.99. The molecule has 1 N–H and O–H groups in total. The monoisotopic (exact) mass is 403 g/mol. The maximum Gasteiger partial charge on any atom is 0.277 e. The van der Waals surface area contributed by atoms with Gasteiger partial charge in [-0.1, -0.05) is 50.6 Å². The Labute approximate surface area is 170 Å². The number of rotatable bonds is 7. The molecular formula is C21H29N3O3S. The zero-order valence-electron chi connectivity index (χ0n) is 17.0. The van der Waals surface area contributed by atoms with Crippen LogP contribution in [0.15, 0.2) is 27.8 Å². The number of benzene rings is 1. The summed E-state index contributed by atoms with van der Waals surface area (Å²) in [5.74, 6) is 2.67. The molecule has 1 aliphatic carbocycles. The molecule has 28 heavy (non-hydrogen) atoms. The Bertz CT molecular complexity index is 808. The Hall–Kier alpha value is -2.02. The van der Waals surface area contributed by atoms with Crippen LogP contribution >= 0.6 is 11.8 Å². The Morgan fingerprint density at radius 1 is 1.29 bits per heavy atom. The number of hydrogen-bond donors (Lipinski definition) is 1. The van der Waals surface area contributed by atoms with Crippen molar-refractivity contribution in [3.63, 3.8) is 0 Å². The molecule has 1 aromatic heterocycles. The van der Waals surface area contributed by atoms with Crippen LogP contribution in [0.1, 0.15) is 50.1 Å². The summed E-state index contributed by atoms with van der Waals surface area (Å²) < 4.78 is 11.4. The van der Waals surface area contributed by atoms with Gasteiger partial charge >= 0.3 is 0 Å². The number of ether oxygens (including phenoxy) is 1. The van der Waals surface area contributed by atoms with Crippen molar-refractivity contribution < 1.29 is 13.9 Å². The first-order valence-electron chi connectivity index (χ1n) is 9.87. The first-order chi connectivity index (χ1) is 13.4. The predicted octanol–water partition coefficient (Wildman–Crippen LogP) is 4.30. The topological polar surface area (TPSA) is 77.2 Å². The number of nitrogens with one attached hydrogen (secondary N) is 1. The van der Waals surface area contributed by atoms with Crippen molar-refractivity contribution >= 4 is 17.7 Å². The van der Waals surface area contributed by atoms with Crippen LogP contribution in [-0.4, -0.2) is 27.9 Å². The molecular weight excluding hydrogens is 374 g/mol. The molecule has 1 saturated carbocycles. The van der Waals surface area contributed by atoms with Crippen molar-refractivity contribution in [3.05, 3.63) is 35.2 Å². The van der Waals surface area contributed by atoms with Gasteiger partial charge in [0, 0.05) is 6.04 Å². The summed E-state index contributed by atoms with van der Waals surface area (Å²) in [4.78, 5) is 12.3. The minimum Gasteiger partial charge on any atom is -0.484 e. The van der Waals surface area contributed by atoms with Gasteiger partial charge in [0.15, 0.2) is 6.61 Å². The van der Waals surface area contributed by atoms with Crippen molar-refractivity contribution in [1.29, 1.82) is 0 Å². The van der Waals surface area contributed by atoms with Crippen LogP contribution in [0, 0.1) is 25.7 Å². The normalized spacial score (nSPS) is 22.1. The average molecular weight is 404 g/mol. The lowest BCUT2D eigenvalue weighted by atomic mass is 9.78. The van der Waals surface area contributed by atoms with Gasteiger partial charge in [0.2, 0.25) is 5.91 Å². The molecule has 2 aromatic rings. The third kappa shape index (κ3) is 5.50. The van der Waals surface area contributed by atoms with Crippen LogP contribution in [0.3, 0.4) is 0 Å². The van der Waals surface area contributed by atoms with Crippen molar-refractivity contribution in [2.75, 3.05) is 5.75 Å². The highest BCUT2D eigenvalue weighted by Crippen LogP contribution is 2.29. The van der Waals surface area contributed by atoms with Crippen LogP contribution < -0.4 is 10.1 Å². The SMILES string of the molecule is Cc1ccc(C)c(OCc2nnc(SCC(=O)N[C@@H]3CCC[C@H](C)[C@H]3C)o2)c1. The van der Waals surface area contributed by atoms with Gasteiger partial charge in [0.1, 0.15) is 5.75 Å². The molecule has 0 radical (unpaired) electrons. The highest BCUT2D eigenvalue weighted by molar-refractivity contribution is 7.99. The summed E-state index contributed by atoms with van der Waals surface area (Å²) >= 11 is 1.26. The summed E-state index contributed by atoms with van der Waals surface area (Å²) in [5.41, 5.74) is 2.19. The number of hydrogen-bond acceptors (Lipinski definition) is 6. The second-order valence-electron chi connectivity index (χ2n) is 7.75. The van der Waals surface area contributed by atoms with E-state index in [0.29, 0.717) is 22.9 Å². The summed E-state index contributed by atoms with van der Waals surface area (Å²) in [5, 5.41) is 11.6. The number of thioether (sulfide) groups is 1. The van der Waals surface area contributed by atoms with E-state index in [9.17, 15) is 4.79 Å². The van der Waals surface area contributed by atoms with Crippen molar-refractivity contribution in [1.82, 2.24) is 15.5 Å². The first kappa shape index (κ1) is 20.7. The quantitative estimate of drug-likeness (QED) is 0.695. The van der Waals surface area contributed by atoms with Gasteiger partial charge in [-0.05, 0) is 49.3 Å². The van der Waals surface area contributed by atoms with Crippen molar-refractivity contribution in [2.24, 2.45) is 11.8 Å². The van der Waals surface area contributed by atoms with E-state index in [1.54, 1.807) is 0 Å². The molecule has 1 aromatic carbocycles. The number of carbonyl (C=O) groups is 1. The van der Waals surface area contributed by atoms with Crippen LogP contribution in [0.4, 0.5) is 0 Å². The van der Waals surface area contributed by atoms with E-state index < -0.39 is 0 Å². The molecule has 0 unspecified atom stereocenters. The van der Waals surface area contributed by atoms with Crippen molar-refractivity contribution in [2.45, 2.75) is 64.8 Å². The summed E-state index contributed by atoms with van der Waals surface area (Å²) in [6.07, 6.45) is 3.48. The van der Waals surface area contributed by atoms with Gasteiger partial charge < -0.3 is 14.5 Å². The number of aromatic nitrogens is 2. The molecule has 1 fully saturated rings. The van der Waals surface area contributed by atoms with Gasteiger partial charge in [-0.3, -0.25) is 4.79 Å². The lowest BCUT2D eigenvalue weighted by Gasteiger charge is -2.34. The molecule has 3 atom stereocenters. The number of carbonyl (C=O) groups excluding carboxylic acids is 1. The average Bonchev–Trinajstić information content (AvgIpc) is 3.12. The molecule has 3 rings (SSSR count). The van der Waals surface area contributed by atoms with E-state index in [1.165, 1.54) is 24.6 Å². The second kappa shape index (κ2) is 9.45. The Morgan fingerprint density at radius 3 is 2.93 bits per heavy atom. The molecule has 0 spiro atoms. The highest BCUT2D eigenvalue weighted by atomic mass is 32.2. The van der Waals surface area contributed by atoms with Crippen molar-refractivity contribution in [3.8, 4) is 5.75 Å². The summed E-state index contributed by atoms with van der Waals surface area (Å²) in [7, 11) is 0. The number of nitrogens with zero attached hydrogens (tertiary/aromatic N) is 2. The summed E-state index contributed by atoms with van der Waals surface area (Å²) in [6, 6.07) is 6.31. The van der Waals surface area contributed by atoms with E-state index in [0.717, 1.165) is 23.3 Å². The second-order valence-corrected chi connectivity index (χ2v) is 8.68. The zero-order valence-corrected chi connectivity index (χ0v) is 17.8. The smallest absolute Gasteiger partial charge is 0.277 e. The van der Waals surface area contributed by atoms with E-state index in [-0.39, 0.29) is 24.3 Å². The van der Waals surface area contributed by atoms with Gasteiger partial charge in [0.05, 0.1) is 5.75 Å². The Morgan fingerprint density at radius 2 is 2.11 bits per heavy atom. The molecule has 1 heterocycles. The third-order valence-electron chi connectivity index (χ3n) is 5.52. The van der Waals surface area contributed by atoms with Gasteiger partial charge in [0.25, 0.3) is 11.1 Å². The minimum absolute atomic E-state index is 0.0161. The number of amides is 1. The van der Waals surface area contributed by atoms with Gasteiger partial charge in [-0.25, -0.2) is 0 Å². The summed E-state index contributed by atoms with van der Waals surface area (Å²) in [6.45, 7) is 8.71. The fraction of sp³-hybridized carbons (Fsp3) is 0.571. The highest BCUT2D eigenvalue weighted by Gasteiger charge is 2.28. The third-order valence-corrected chi connectivity index (χ3v) is 6.34. The van der Waals surface area contributed by atoms with E-state index in [1.807, 2.05) is 32.0 Å². The molecule has 6 nitrogen and oxygen atoms in total.